The Morgan fingerprint density at radius 2 is 1.84 bits per heavy atom. The van der Waals surface area contributed by atoms with E-state index in [1.165, 1.54) is 33.3 Å². The van der Waals surface area contributed by atoms with Crippen LogP contribution in [0.5, 0.6) is 5.75 Å². The lowest BCUT2D eigenvalue weighted by Gasteiger charge is -2.60. The van der Waals surface area contributed by atoms with Gasteiger partial charge in [0.2, 0.25) is 5.91 Å². The van der Waals surface area contributed by atoms with Crippen molar-refractivity contribution in [1.82, 2.24) is 0 Å². The van der Waals surface area contributed by atoms with E-state index in [0.717, 1.165) is 19.3 Å². The number of hydrogen-bond acceptors (Lipinski definition) is 5. The van der Waals surface area contributed by atoms with Crippen molar-refractivity contribution in [1.29, 1.82) is 0 Å². The Hall–Kier alpha value is -2.09. The number of amides is 2. The van der Waals surface area contributed by atoms with Gasteiger partial charge in [0, 0.05) is 16.9 Å². The number of nitrogens with one attached hydrogen (secondary N) is 2. The van der Waals surface area contributed by atoms with Crippen LogP contribution in [0, 0.1) is 17.3 Å². The SMILES string of the molecule is COc1ccc(NC(C)=O)cc1NC(=O)COC(=O)CC12CC3CC(CC(Br)(C3)C1)C2. The van der Waals surface area contributed by atoms with Gasteiger partial charge < -0.3 is 20.1 Å². The molecule has 31 heavy (non-hydrogen) atoms. The molecule has 0 aliphatic heterocycles. The molecule has 8 heteroatoms. The summed E-state index contributed by atoms with van der Waals surface area (Å²) in [6.45, 7) is 1.05. The van der Waals surface area contributed by atoms with E-state index in [0.29, 0.717) is 35.4 Å². The summed E-state index contributed by atoms with van der Waals surface area (Å²) in [4.78, 5) is 36.3. The van der Waals surface area contributed by atoms with Crippen LogP contribution in [0.4, 0.5) is 11.4 Å². The van der Waals surface area contributed by atoms with Gasteiger partial charge in [-0.3, -0.25) is 14.4 Å². The lowest BCUT2D eigenvalue weighted by atomic mass is 9.49. The van der Waals surface area contributed by atoms with E-state index in [1.807, 2.05) is 0 Å². The molecule has 0 saturated heterocycles. The second-order valence-electron chi connectivity index (χ2n) is 9.59. The summed E-state index contributed by atoms with van der Waals surface area (Å²) in [6.07, 6.45) is 7.27. The Bertz CT molecular complexity index is 888. The second kappa shape index (κ2) is 8.45. The smallest absolute Gasteiger partial charge is 0.306 e. The van der Waals surface area contributed by atoms with E-state index >= 15 is 0 Å². The molecule has 7 nitrogen and oxygen atoms in total. The number of anilines is 2. The van der Waals surface area contributed by atoms with Crippen molar-refractivity contribution in [2.24, 2.45) is 17.3 Å². The molecular weight excluding hydrogens is 464 g/mol. The summed E-state index contributed by atoms with van der Waals surface area (Å²) in [5.74, 6) is 0.859. The van der Waals surface area contributed by atoms with Crippen molar-refractivity contribution in [3.8, 4) is 5.75 Å². The van der Waals surface area contributed by atoms with Crippen LogP contribution in [0.15, 0.2) is 18.2 Å². The zero-order chi connectivity index (χ0) is 22.2. The maximum atomic E-state index is 12.6. The molecule has 4 bridgehead atoms. The van der Waals surface area contributed by atoms with Crippen molar-refractivity contribution in [3.05, 3.63) is 18.2 Å². The van der Waals surface area contributed by atoms with Gasteiger partial charge in [-0.2, -0.15) is 0 Å². The fourth-order valence-corrected chi connectivity index (χ4v) is 7.83. The largest absolute Gasteiger partial charge is 0.495 e. The van der Waals surface area contributed by atoms with E-state index in [9.17, 15) is 14.4 Å². The molecule has 0 aromatic heterocycles. The minimum Gasteiger partial charge on any atom is -0.495 e. The zero-order valence-corrected chi connectivity index (χ0v) is 19.5. The van der Waals surface area contributed by atoms with Gasteiger partial charge in [-0.1, -0.05) is 15.9 Å². The van der Waals surface area contributed by atoms with E-state index in [4.69, 9.17) is 9.47 Å². The van der Waals surface area contributed by atoms with Crippen LogP contribution >= 0.6 is 15.9 Å². The monoisotopic (exact) mass is 492 g/mol. The van der Waals surface area contributed by atoms with Gasteiger partial charge in [0.15, 0.2) is 6.61 Å². The normalized spacial score (nSPS) is 30.5. The maximum absolute atomic E-state index is 12.6. The highest BCUT2D eigenvalue weighted by atomic mass is 79.9. The van der Waals surface area contributed by atoms with Gasteiger partial charge in [-0.25, -0.2) is 0 Å². The van der Waals surface area contributed by atoms with Gasteiger partial charge in [-0.15, -0.1) is 0 Å². The van der Waals surface area contributed by atoms with Gasteiger partial charge in [-0.05, 0) is 74.0 Å². The number of benzene rings is 1. The van der Waals surface area contributed by atoms with Gasteiger partial charge in [0.05, 0.1) is 19.2 Å². The fraction of sp³-hybridized carbons (Fsp3) is 0.609. The zero-order valence-electron chi connectivity index (χ0n) is 18.0. The molecule has 2 amide bonds. The molecule has 4 fully saturated rings. The van der Waals surface area contributed by atoms with Gasteiger partial charge in [0.1, 0.15) is 5.75 Å². The number of ether oxygens (including phenoxy) is 2. The van der Waals surface area contributed by atoms with Crippen molar-refractivity contribution in [3.63, 3.8) is 0 Å². The number of methoxy groups -OCH3 is 1. The van der Waals surface area contributed by atoms with Crippen LogP contribution < -0.4 is 15.4 Å². The Morgan fingerprint density at radius 3 is 2.45 bits per heavy atom. The van der Waals surface area contributed by atoms with Crippen molar-refractivity contribution in [2.45, 2.75) is 56.2 Å². The first kappa shape index (κ1) is 22.1. The third kappa shape index (κ3) is 5.05. The molecule has 4 aliphatic rings. The molecule has 5 rings (SSSR count). The summed E-state index contributed by atoms with van der Waals surface area (Å²) in [7, 11) is 1.49. The fourth-order valence-electron chi connectivity index (χ4n) is 6.32. The summed E-state index contributed by atoms with van der Waals surface area (Å²) in [5.41, 5.74) is 0.945. The Labute approximate surface area is 190 Å². The molecule has 4 saturated carbocycles. The number of halogens is 1. The average molecular weight is 493 g/mol. The third-order valence-corrected chi connectivity index (χ3v) is 7.72. The number of hydrogen-bond donors (Lipinski definition) is 2. The molecule has 4 aliphatic carbocycles. The first-order valence-corrected chi connectivity index (χ1v) is 11.6. The number of carbonyl (C=O) groups is 3. The predicted molar refractivity (Wildman–Crippen MR) is 120 cm³/mol. The minimum atomic E-state index is -0.450. The summed E-state index contributed by atoms with van der Waals surface area (Å²) < 4.78 is 10.8. The predicted octanol–water partition coefficient (Wildman–Crippen LogP) is 4.26. The lowest BCUT2D eigenvalue weighted by Crippen LogP contribution is -2.53. The number of rotatable bonds is 7. The molecule has 168 valence electrons. The number of carbonyl (C=O) groups excluding carboxylic acids is 3. The molecular formula is C23H29BrN2O5. The highest BCUT2D eigenvalue weighted by Gasteiger charge is 2.57. The first-order chi connectivity index (χ1) is 14.7. The number of esters is 1. The van der Waals surface area contributed by atoms with Crippen LogP contribution in [-0.2, 0) is 19.1 Å². The first-order valence-electron chi connectivity index (χ1n) is 10.8. The lowest BCUT2D eigenvalue weighted by molar-refractivity contribution is -0.153. The van der Waals surface area contributed by atoms with Crippen LogP contribution in [0.3, 0.4) is 0 Å². The number of alkyl halides is 1. The van der Waals surface area contributed by atoms with E-state index in [2.05, 4.69) is 26.6 Å². The third-order valence-electron chi connectivity index (χ3n) is 6.79. The van der Waals surface area contributed by atoms with Crippen LogP contribution in [0.25, 0.3) is 0 Å². The molecule has 2 N–H and O–H groups in total. The molecule has 1 aromatic rings. The maximum Gasteiger partial charge on any atom is 0.306 e. The van der Waals surface area contributed by atoms with Crippen LogP contribution in [0.1, 0.15) is 51.9 Å². The van der Waals surface area contributed by atoms with E-state index in [-0.39, 0.29) is 28.2 Å². The molecule has 1 aromatic carbocycles. The second-order valence-corrected chi connectivity index (χ2v) is 11.3. The van der Waals surface area contributed by atoms with Crippen molar-refractivity contribution < 1.29 is 23.9 Å². The summed E-state index contributed by atoms with van der Waals surface area (Å²) in [5, 5.41) is 5.36. The molecule has 2 unspecified atom stereocenters. The Kier molecular flexibility index (Phi) is 6.03. The van der Waals surface area contributed by atoms with Crippen molar-refractivity contribution >= 4 is 45.1 Å². The topological polar surface area (TPSA) is 93.7 Å². The quantitative estimate of drug-likeness (QED) is 0.438. The van der Waals surface area contributed by atoms with E-state index < -0.39 is 5.91 Å². The summed E-state index contributed by atoms with van der Waals surface area (Å²) in [6, 6.07) is 4.93. The standard InChI is InChI=1S/C23H29BrN2O5/c1-14(27)25-17-3-4-19(30-2)18(6-17)26-20(28)12-31-21(29)11-22-7-15-5-16(8-22)10-23(24,9-15)13-22/h3-4,6,15-16H,5,7-13H2,1-2H3,(H,25,27)(H,26,28). The highest BCUT2D eigenvalue weighted by Crippen LogP contribution is 2.65. The average Bonchev–Trinajstić information content (AvgIpc) is 2.64. The molecule has 0 radical (unpaired) electrons. The van der Waals surface area contributed by atoms with Gasteiger partial charge >= 0.3 is 5.97 Å². The van der Waals surface area contributed by atoms with E-state index in [1.54, 1.807) is 18.2 Å². The summed E-state index contributed by atoms with van der Waals surface area (Å²) >= 11 is 3.96. The molecule has 0 spiro atoms. The minimum absolute atomic E-state index is 0.0110. The van der Waals surface area contributed by atoms with Crippen LogP contribution in [0.2, 0.25) is 0 Å². The molecule has 0 heterocycles. The highest BCUT2D eigenvalue weighted by molar-refractivity contribution is 9.10. The van der Waals surface area contributed by atoms with Gasteiger partial charge in [0.25, 0.3) is 5.91 Å². The molecule has 2 atom stereocenters. The van der Waals surface area contributed by atoms with Crippen LogP contribution in [-0.4, -0.2) is 35.8 Å². The van der Waals surface area contributed by atoms with Crippen molar-refractivity contribution in [2.75, 3.05) is 24.4 Å². The Morgan fingerprint density at radius 1 is 1.13 bits per heavy atom. The Balaban J connectivity index is 1.32.